The zero-order valence-electron chi connectivity index (χ0n) is 13.9. The number of para-hydroxylation sites is 1. The average Bonchev–Trinajstić information content (AvgIpc) is 3.19. The highest BCUT2D eigenvalue weighted by molar-refractivity contribution is 5.99. The van der Waals surface area contributed by atoms with Crippen LogP contribution in [0.5, 0.6) is 0 Å². The van der Waals surface area contributed by atoms with E-state index in [9.17, 15) is 9.90 Å². The van der Waals surface area contributed by atoms with E-state index in [1.807, 2.05) is 66.7 Å². The highest BCUT2D eigenvalue weighted by Gasteiger charge is 2.29. The SMILES string of the molecule is N[C@@H]1c2ccccc2-c2c(-c3cc4ccccc4n3C(=O)O)cccc21. The first kappa shape index (κ1) is 14.9. The molecule has 26 heavy (non-hydrogen) atoms. The van der Waals surface area contributed by atoms with Crippen molar-refractivity contribution in [3.05, 3.63) is 83.9 Å². The lowest BCUT2D eigenvalue weighted by atomic mass is 9.97. The largest absolute Gasteiger partial charge is 0.464 e. The van der Waals surface area contributed by atoms with Crippen LogP contribution in [0.3, 0.4) is 0 Å². The molecule has 0 unspecified atom stereocenters. The Morgan fingerprint density at radius 3 is 2.42 bits per heavy atom. The molecule has 0 saturated heterocycles. The van der Waals surface area contributed by atoms with E-state index in [-0.39, 0.29) is 6.04 Å². The molecule has 1 aromatic heterocycles. The van der Waals surface area contributed by atoms with E-state index < -0.39 is 6.09 Å². The van der Waals surface area contributed by atoms with Gasteiger partial charge in [0.1, 0.15) is 0 Å². The molecule has 0 aliphatic heterocycles. The van der Waals surface area contributed by atoms with Crippen molar-refractivity contribution in [2.24, 2.45) is 5.73 Å². The first-order valence-corrected chi connectivity index (χ1v) is 8.49. The van der Waals surface area contributed by atoms with Crippen LogP contribution in [0.15, 0.2) is 72.8 Å². The van der Waals surface area contributed by atoms with Gasteiger partial charge in [-0.2, -0.15) is 0 Å². The van der Waals surface area contributed by atoms with Crippen LogP contribution in [0.25, 0.3) is 33.3 Å². The molecule has 1 heterocycles. The van der Waals surface area contributed by atoms with E-state index in [1.54, 1.807) is 0 Å². The van der Waals surface area contributed by atoms with Crippen LogP contribution in [0.4, 0.5) is 4.79 Å². The summed E-state index contributed by atoms with van der Waals surface area (Å²) < 4.78 is 1.36. The topological polar surface area (TPSA) is 68.2 Å². The standard InChI is InChI=1S/C22H16N2O2/c23-21-15-8-3-2-7-14(15)20-16(9-5-10-17(20)21)19-12-13-6-1-4-11-18(13)24(19)22(25)26/h1-12,21H,23H2,(H,25,26)/t21-/m1/s1. The number of benzene rings is 3. The van der Waals surface area contributed by atoms with Crippen LogP contribution >= 0.6 is 0 Å². The normalized spacial score (nSPS) is 15.0. The van der Waals surface area contributed by atoms with Crippen molar-refractivity contribution < 1.29 is 9.90 Å². The van der Waals surface area contributed by atoms with Gasteiger partial charge in [-0.15, -0.1) is 0 Å². The molecule has 4 aromatic rings. The minimum atomic E-state index is -0.991. The predicted molar refractivity (Wildman–Crippen MR) is 102 cm³/mol. The van der Waals surface area contributed by atoms with E-state index in [0.717, 1.165) is 33.2 Å². The monoisotopic (exact) mass is 340 g/mol. The molecule has 0 fully saturated rings. The van der Waals surface area contributed by atoms with Crippen molar-refractivity contribution in [1.29, 1.82) is 0 Å². The second kappa shape index (κ2) is 5.31. The molecule has 1 aliphatic carbocycles. The molecular formula is C22H16N2O2. The number of carbonyl (C=O) groups is 1. The van der Waals surface area contributed by atoms with Gasteiger partial charge in [0.25, 0.3) is 0 Å². The molecule has 1 aliphatic rings. The molecule has 0 amide bonds. The Kier molecular flexibility index (Phi) is 3.05. The maximum atomic E-state index is 12.0. The Morgan fingerprint density at radius 1 is 0.885 bits per heavy atom. The number of hydrogen-bond acceptors (Lipinski definition) is 2. The third-order valence-electron chi connectivity index (χ3n) is 5.17. The van der Waals surface area contributed by atoms with Gasteiger partial charge < -0.3 is 10.8 Å². The summed E-state index contributed by atoms with van der Waals surface area (Å²) in [6, 6.07) is 23.3. The van der Waals surface area contributed by atoms with E-state index in [4.69, 9.17) is 5.73 Å². The third kappa shape index (κ3) is 1.90. The first-order valence-electron chi connectivity index (χ1n) is 8.49. The number of aromatic nitrogens is 1. The highest BCUT2D eigenvalue weighted by atomic mass is 16.4. The van der Waals surface area contributed by atoms with Crippen molar-refractivity contribution in [2.45, 2.75) is 6.04 Å². The Morgan fingerprint density at radius 2 is 1.58 bits per heavy atom. The Labute approximate surface area is 150 Å². The summed E-state index contributed by atoms with van der Waals surface area (Å²) in [5.74, 6) is 0. The van der Waals surface area contributed by atoms with Gasteiger partial charge in [0.05, 0.1) is 17.3 Å². The first-order chi connectivity index (χ1) is 12.7. The van der Waals surface area contributed by atoms with E-state index >= 15 is 0 Å². The molecule has 0 radical (unpaired) electrons. The molecule has 0 spiro atoms. The van der Waals surface area contributed by atoms with Crippen molar-refractivity contribution in [1.82, 2.24) is 4.57 Å². The van der Waals surface area contributed by atoms with Gasteiger partial charge in [-0.25, -0.2) is 9.36 Å². The molecule has 4 heteroatoms. The lowest BCUT2D eigenvalue weighted by Gasteiger charge is -2.12. The Balaban J connectivity index is 1.88. The van der Waals surface area contributed by atoms with Gasteiger partial charge in [0.15, 0.2) is 0 Å². The zero-order chi connectivity index (χ0) is 17.8. The number of hydrogen-bond donors (Lipinski definition) is 2. The Hall–Kier alpha value is -3.37. The molecule has 3 N–H and O–H groups in total. The molecule has 126 valence electrons. The number of rotatable bonds is 1. The Bertz CT molecular complexity index is 1190. The van der Waals surface area contributed by atoms with Crippen LogP contribution < -0.4 is 5.73 Å². The van der Waals surface area contributed by atoms with Gasteiger partial charge in [0, 0.05) is 10.9 Å². The van der Waals surface area contributed by atoms with Gasteiger partial charge in [-0.1, -0.05) is 60.7 Å². The van der Waals surface area contributed by atoms with E-state index in [0.29, 0.717) is 11.2 Å². The second-order valence-corrected chi connectivity index (χ2v) is 6.54. The fraction of sp³-hybridized carbons (Fsp3) is 0.0455. The number of carboxylic acid groups (broad SMARTS) is 1. The lowest BCUT2D eigenvalue weighted by molar-refractivity contribution is 0.198. The fourth-order valence-electron chi connectivity index (χ4n) is 4.07. The molecule has 1 atom stereocenters. The van der Waals surface area contributed by atoms with Gasteiger partial charge in [0.2, 0.25) is 0 Å². The minimum absolute atomic E-state index is 0.191. The summed E-state index contributed by atoms with van der Waals surface area (Å²) in [5.41, 5.74) is 12.9. The smallest absolute Gasteiger partial charge is 0.416 e. The summed E-state index contributed by atoms with van der Waals surface area (Å²) in [6.07, 6.45) is -0.991. The summed E-state index contributed by atoms with van der Waals surface area (Å²) in [6.45, 7) is 0. The number of fused-ring (bicyclic) bond motifs is 4. The minimum Gasteiger partial charge on any atom is -0.464 e. The van der Waals surface area contributed by atoms with Crippen molar-refractivity contribution in [2.75, 3.05) is 0 Å². The molecular weight excluding hydrogens is 324 g/mol. The van der Waals surface area contributed by atoms with Gasteiger partial charge in [-0.3, -0.25) is 0 Å². The van der Waals surface area contributed by atoms with Gasteiger partial charge >= 0.3 is 6.09 Å². The predicted octanol–water partition coefficient (Wildman–Crippen LogP) is 4.86. The van der Waals surface area contributed by atoms with Crippen LogP contribution in [-0.4, -0.2) is 15.8 Å². The number of nitrogens with two attached hydrogens (primary N) is 1. The summed E-state index contributed by atoms with van der Waals surface area (Å²) in [7, 11) is 0. The highest BCUT2D eigenvalue weighted by Crippen LogP contribution is 2.47. The van der Waals surface area contributed by atoms with Crippen molar-refractivity contribution in [3.8, 4) is 22.4 Å². The lowest BCUT2D eigenvalue weighted by Crippen LogP contribution is -2.10. The van der Waals surface area contributed by atoms with Gasteiger partial charge in [-0.05, 0) is 34.4 Å². The molecule has 0 saturated carbocycles. The average molecular weight is 340 g/mol. The fourth-order valence-corrected chi connectivity index (χ4v) is 4.07. The zero-order valence-corrected chi connectivity index (χ0v) is 13.9. The maximum Gasteiger partial charge on any atom is 0.416 e. The third-order valence-corrected chi connectivity index (χ3v) is 5.17. The molecule has 4 nitrogen and oxygen atoms in total. The summed E-state index contributed by atoms with van der Waals surface area (Å²) >= 11 is 0. The summed E-state index contributed by atoms with van der Waals surface area (Å²) in [5, 5.41) is 10.7. The van der Waals surface area contributed by atoms with Crippen molar-refractivity contribution in [3.63, 3.8) is 0 Å². The quantitative estimate of drug-likeness (QED) is 0.520. The molecule has 0 bridgehead atoms. The maximum absolute atomic E-state index is 12.0. The van der Waals surface area contributed by atoms with Crippen LogP contribution in [0.2, 0.25) is 0 Å². The van der Waals surface area contributed by atoms with Crippen LogP contribution in [-0.2, 0) is 0 Å². The van der Waals surface area contributed by atoms with Crippen molar-refractivity contribution >= 4 is 17.0 Å². The van der Waals surface area contributed by atoms with E-state index in [2.05, 4.69) is 6.07 Å². The second-order valence-electron chi connectivity index (χ2n) is 6.54. The van der Waals surface area contributed by atoms with Crippen LogP contribution in [0, 0.1) is 0 Å². The van der Waals surface area contributed by atoms with E-state index in [1.165, 1.54) is 4.57 Å². The summed E-state index contributed by atoms with van der Waals surface area (Å²) in [4.78, 5) is 12.0. The van der Waals surface area contributed by atoms with Crippen LogP contribution in [0.1, 0.15) is 17.2 Å². The molecule has 3 aromatic carbocycles. The number of nitrogens with zero attached hydrogens (tertiary/aromatic N) is 1. The molecule has 5 rings (SSSR count).